The van der Waals surface area contributed by atoms with Crippen LogP contribution in [0.3, 0.4) is 0 Å². The van der Waals surface area contributed by atoms with E-state index in [1.807, 2.05) is 33.0 Å². The highest BCUT2D eigenvalue weighted by Gasteiger charge is 2.33. The first-order valence-corrected chi connectivity index (χ1v) is 10.00. The first kappa shape index (κ1) is 18.7. The molecule has 0 aromatic heterocycles. The molecule has 1 saturated heterocycles. The van der Waals surface area contributed by atoms with Crippen molar-refractivity contribution in [3.8, 4) is 0 Å². The fourth-order valence-electron chi connectivity index (χ4n) is 2.96. The van der Waals surface area contributed by atoms with Crippen LogP contribution in [0.1, 0.15) is 18.1 Å². The number of carbonyl (C=O) groups excluding carboxylic acids is 1. The summed E-state index contributed by atoms with van der Waals surface area (Å²) in [4.78, 5) is 16.7. The maximum absolute atomic E-state index is 12.8. The Hall–Kier alpha value is -1.60. The molecule has 1 atom stereocenters. The molecule has 6 nitrogen and oxygen atoms in total. The monoisotopic (exact) mass is 353 g/mol. The lowest BCUT2D eigenvalue weighted by Crippen LogP contribution is -2.54. The van der Waals surface area contributed by atoms with Crippen molar-refractivity contribution in [2.24, 2.45) is 0 Å². The molecule has 1 aliphatic rings. The Morgan fingerprint density at radius 2 is 1.71 bits per heavy atom. The van der Waals surface area contributed by atoms with E-state index in [2.05, 4.69) is 4.90 Å². The lowest BCUT2D eigenvalue weighted by atomic mass is 10.1. The summed E-state index contributed by atoms with van der Waals surface area (Å²) < 4.78 is 25.9. The van der Waals surface area contributed by atoms with Gasteiger partial charge in [0.1, 0.15) is 6.04 Å². The highest BCUT2D eigenvalue weighted by Crippen LogP contribution is 2.24. The minimum atomic E-state index is -3.57. The number of hydrogen-bond acceptors (Lipinski definition) is 4. The topological polar surface area (TPSA) is 60.9 Å². The second-order valence-electron chi connectivity index (χ2n) is 6.63. The summed E-state index contributed by atoms with van der Waals surface area (Å²) in [6.45, 7) is 8.45. The molecule has 2 rings (SSSR count). The van der Waals surface area contributed by atoms with E-state index < -0.39 is 16.1 Å². The normalized spacial score (nSPS) is 17.6. The van der Waals surface area contributed by atoms with Crippen molar-refractivity contribution in [3.05, 3.63) is 29.3 Å². The number of anilines is 1. The van der Waals surface area contributed by atoms with Crippen LogP contribution in [-0.4, -0.2) is 69.6 Å². The van der Waals surface area contributed by atoms with E-state index in [0.29, 0.717) is 18.8 Å². The largest absolute Gasteiger partial charge is 0.338 e. The van der Waals surface area contributed by atoms with Gasteiger partial charge in [0.25, 0.3) is 0 Å². The quantitative estimate of drug-likeness (QED) is 0.817. The molecule has 24 heavy (non-hydrogen) atoms. The molecular weight excluding hydrogens is 326 g/mol. The van der Waals surface area contributed by atoms with E-state index in [0.717, 1.165) is 30.5 Å². The standard InChI is InChI=1S/C17H27N3O3S/c1-13-6-7-16(12-14(13)2)20(24(5,22)23)15(3)17(21)19-10-8-18(4)9-11-19/h6-7,12,15H,8-11H2,1-5H3. The first-order valence-electron chi connectivity index (χ1n) is 8.15. The van der Waals surface area contributed by atoms with Crippen LogP contribution in [-0.2, 0) is 14.8 Å². The number of carbonyl (C=O) groups is 1. The third-order valence-electron chi connectivity index (χ3n) is 4.63. The molecule has 1 amide bonds. The van der Waals surface area contributed by atoms with Gasteiger partial charge < -0.3 is 9.80 Å². The molecule has 0 bridgehead atoms. The van der Waals surface area contributed by atoms with Gasteiger partial charge in [0.15, 0.2) is 0 Å². The van der Waals surface area contributed by atoms with E-state index in [1.54, 1.807) is 17.9 Å². The van der Waals surface area contributed by atoms with Crippen LogP contribution in [0.25, 0.3) is 0 Å². The maximum atomic E-state index is 12.8. The number of rotatable bonds is 4. The zero-order valence-corrected chi connectivity index (χ0v) is 15.9. The molecule has 0 N–H and O–H groups in total. The number of amides is 1. The van der Waals surface area contributed by atoms with Crippen LogP contribution in [0.15, 0.2) is 18.2 Å². The Morgan fingerprint density at radius 3 is 2.21 bits per heavy atom. The molecule has 1 unspecified atom stereocenters. The van der Waals surface area contributed by atoms with Crippen LogP contribution in [0.4, 0.5) is 5.69 Å². The number of piperazine rings is 1. The third-order valence-corrected chi connectivity index (χ3v) is 5.87. The number of nitrogens with zero attached hydrogens (tertiary/aromatic N) is 3. The summed E-state index contributed by atoms with van der Waals surface area (Å²) in [7, 11) is -1.55. The molecule has 1 aromatic rings. The van der Waals surface area contributed by atoms with Gasteiger partial charge in [0.2, 0.25) is 15.9 Å². The molecule has 0 spiro atoms. The number of hydrogen-bond donors (Lipinski definition) is 0. The van der Waals surface area contributed by atoms with Crippen LogP contribution in [0.5, 0.6) is 0 Å². The van der Waals surface area contributed by atoms with E-state index in [9.17, 15) is 13.2 Å². The fourth-order valence-corrected chi connectivity index (χ4v) is 4.12. The van der Waals surface area contributed by atoms with E-state index >= 15 is 0 Å². The molecule has 1 aromatic carbocycles. The van der Waals surface area contributed by atoms with Crippen LogP contribution < -0.4 is 4.31 Å². The Balaban J connectivity index is 2.30. The third kappa shape index (κ3) is 4.08. The summed E-state index contributed by atoms with van der Waals surface area (Å²) >= 11 is 0. The molecule has 7 heteroatoms. The first-order chi connectivity index (χ1) is 11.1. The van der Waals surface area contributed by atoms with Gasteiger partial charge in [0.05, 0.1) is 11.9 Å². The molecule has 1 fully saturated rings. The van der Waals surface area contributed by atoms with Gasteiger partial charge in [0, 0.05) is 26.2 Å². The van der Waals surface area contributed by atoms with Gasteiger partial charge in [-0.05, 0) is 51.1 Å². The maximum Gasteiger partial charge on any atom is 0.246 e. The Morgan fingerprint density at radius 1 is 1.12 bits per heavy atom. The van der Waals surface area contributed by atoms with Crippen molar-refractivity contribution in [2.45, 2.75) is 26.8 Å². The van der Waals surface area contributed by atoms with Gasteiger partial charge in [-0.15, -0.1) is 0 Å². The van der Waals surface area contributed by atoms with Crippen molar-refractivity contribution < 1.29 is 13.2 Å². The van der Waals surface area contributed by atoms with Crippen molar-refractivity contribution in [1.29, 1.82) is 0 Å². The fraction of sp³-hybridized carbons (Fsp3) is 0.588. The molecule has 0 saturated carbocycles. The SMILES string of the molecule is Cc1ccc(N(C(C)C(=O)N2CCN(C)CC2)S(C)(=O)=O)cc1C. The van der Waals surface area contributed by atoms with Gasteiger partial charge in [-0.25, -0.2) is 8.42 Å². The molecule has 134 valence electrons. The number of likely N-dealkylation sites (N-methyl/N-ethyl adjacent to an activating group) is 1. The molecule has 0 aliphatic carbocycles. The number of aryl methyl sites for hydroxylation is 2. The van der Waals surface area contributed by atoms with Crippen LogP contribution >= 0.6 is 0 Å². The Kier molecular flexibility index (Phi) is 5.55. The molecule has 1 heterocycles. The zero-order valence-electron chi connectivity index (χ0n) is 15.1. The summed E-state index contributed by atoms with van der Waals surface area (Å²) in [5.74, 6) is -0.147. The van der Waals surface area contributed by atoms with E-state index in [1.165, 1.54) is 4.31 Å². The smallest absolute Gasteiger partial charge is 0.246 e. The lowest BCUT2D eigenvalue weighted by molar-refractivity contribution is -0.133. The van der Waals surface area contributed by atoms with Gasteiger partial charge in [-0.3, -0.25) is 9.10 Å². The summed E-state index contributed by atoms with van der Waals surface area (Å²) in [6.07, 6.45) is 1.15. The van der Waals surface area contributed by atoms with Gasteiger partial charge in [-0.2, -0.15) is 0 Å². The lowest BCUT2D eigenvalue weighted by Gasteiger charge is -2.37. The number of sulfonamides is 1. The van der Waals surface area contributed by atoms with E-state index in [4.69, 9.17) is 0 Å². The average Bonchev–Trinajstić information content (AvgIpc) is 2.49. The van der Waals surface area contributed by atoms with Crippen LogP contribution in [0.2, 0.25) is 0 Å². The second kappa shape index (κ2) is 7.11. The summed E-state index contributed by atoms with van der Waals surface area (Å²) in [5, 5.41) is 0. The molecule has 1 aliphatic heterocycles. The van der Waals surface area contributed by atoms with Crippen molar-refractivity contribution >= 4 is 21.6 Å². The van der Waals surface area contributed by atoms with Crippen LogP contribution in [0, 0.1) is 13.8 Å². The predicted molar refractivity (Wildman–Crippen MR) is 96.8 cm³/mol. The molecule has 0 radical (unpaired) electrons. The van der Waals surface area contributed by atoms with Crippen molar-refractivity contribution in [2.75, 3.05) is 43.8 Å². The highest BCUT2D eigenvalue weighted by molar-refractivity contribution is 7.92. The summed E-state index contributed by atoms with van der Waals surface area (Å²) in [5.41, 5.74) is 2.63. The van der Waals surface area contributed by atoms with E-state index in [-0.39, 0.29) is 5.91 Å². The zero-order chi connectivity index (χ0) is 18.1. The minimum Gasteiger partial charge on any atom is -0.338 e. The molecular formula is C17H27N3O3S. The highest BCUT2D eigenvalue weighted by atomic mass is 32.2. The average molecular weight is 353 g/mol. The second-order valence-corrected chi connectivity index (χ2v) is 8.49. The number of benzene rings is 1. The Bertz CT molecular complexity index is 710. The van der Waals surface area contributed by atoms with Crippen molar-refractivity contribution in [3.63, 3.8) is 0 Å². The van der Waals surface area contributed by atoms with Crippen molar-refractivity contribution in [1.82, 2.24) is 9.80 Å². The summed E-state index contributed by atoms with van der Waals surface area (Å²) in [6, 6.07) is 4.71. The minimum absolute atomic E-state index is 0.147. The van der Waals surface area contributed by atoms with Gasteiger partial charge >= 0.3 is 0 Å². The Labute approximate surface area is 145 Å². The predicted octanol–water partition coefficient (Wildman–Crippen LogP) is 1.23. The van der Waals surface area contributed by atoms with Gasteiger partial charge in [-0.1, -0.05) is 6.07 Å².